The van der Waals surface area contributed by atoms with Crippen molar-refractivity contribution in [1.82, 2.24) is 15.1 Å². The lowest BCUT2D eigenvalue weighted by atomic mass is 9.90. The van der Waals surface area contributed by atoms with Gasteiger partial charge in [-0.15, -0.1) is 0 Å². The van der Waals surface area contributed by atoms with E-state index in [-0.39, 0.29) is 23.5 Å². The summed E-state index contributed by atoms with van der Waals surface area (Å²) in [4.78, 5) is 28.8. The third kappa shape index (κ3) is 2.94. The molecule has 0 aromatic carbocycles. The average molecular weight is 335 g/mol. The fraction of sp³-hybridized carbons (Fsp3) is 0.889. The summed E-state index contributed by atoms with van der Waals surface area (Å²) in [6.45, 7) is 4.64. The Kier molecular flexibility index (Phi) is 4.07. The van der Waals surface area contributed by atoms with E-state index >= 15 is 0 Å². The van der Waals surface area contributed by atoms with Crippen LogP contribution < -0.4 is 5.32 Å². The van der Waals surface area contributed by atoms with Crippen LogP contribution in [-0.4, -0.2) is 72.6 Å². The van der Waals surface area contributed by atoms with Crippen molar-refractivity contribution in [1.29, 1.82) is 0 Å². The summed E-state index contributed by atoms with van der Waals surface area (Å²) in [5.74, 6) is 1.18. The van der Waals surface area contributed by atoms with Crippen molar-refractivity contribution in [3.8, 4) is 0 Å². The van der Waals surface area contributed by atoms with Crippen LogP contribution in [0.15, 0.2) is 0 Å². The van der Waals surface area contributed by atoms with E-state index in [4.69, 9.17) is 4.74 Å². The van der Waals surface area contributed by atoms with Gasteiger partial charge in [0, 0.05) is 18.5 Å². The van der Waals surface area contributed by atoms with E-state index in [0.29, 0.717) is 37.6 Å². The molecular formula is C18H29N3O3. The smallest absolute Gasteiger partial charge is 0.239 e. The molecule has 2 saturated carbocycles. The minimum atomic E-state index is -0.257. The highest BCUT2D eigenvalue weighted by Crippen LogP contribution is 2.42. The van der Waals surface area contributed by atoms with E-state index in [2.05, 4.69) is 17.1 Å². The second kappa shape index (κ2) is 5.99. The number of carbonyl (C=O) groups is 2. The first-order valence-electron chi connectivity index (χ1n) is 9.41. The summed E-state index contributed by atoms with van der Waals surface area (Å²) in [5, 5.41) is 3.17. The lowest BCUT2D eigenvalue weighted by Gasteiger charge is -2.55. The zero-order valence-corrected chi connectivity index (χ0v) is 14.8. The lowest BCUT2D eigenvalue weighted by Crippen LogP contribution is -2.73. The molecule has 4 rings (SSSR count). The van der Waals surface area contributed by atoms with Crippen LogP contribution >= 0.6 is 0 Å². The Morgan fingerprint density at radius 1 is 1.17 bits per heavy atom. The van der Waals surface area contributed by atoms with Gasteiger partial charge in [0.05, 0.1) is 19.7 Å². The van der Waals surface area contributed by atoms with Crippen LogP contribution in [0.2, 0.25) is 0 Å². The molecule has 3 unspecified atom stereocenters. The standard InChI is InChI=1S/C18H29N3O3/c1-12-7-14(12)17(23)21-10-18(11-21)9-20(2)15(8-24-18)16(22)19-13-5-3-4-6-13/h12-15H,3-11H2,1-2H3,(H,19,22). The summed E-state index contributed by atoms with van der Waals surface area (Å²) in [5.41, 5.74) is -0.257. The van der Waals surface area contributed by atoms with Crippen LogP contribution in [0.25, 0.3) is 0 Å². The molecule has 4 fully saturated rings. The molecule has 0 aromatic rings. The van der Waals surface area contributed by atoms with Crippen LogP contribution in [0, 0.1) is 11.8 Å². The number of likely N-dealkylation sites (N-methyl/N-ethyl adjacent to an activating group) is 1. The molecule has 134 valence electrons. The number of hydrogen-bond acceptors (Lipinski definition) is 4. The number of likely N-dealkylation sites (tertiary alicyclic amines) is 1. The van der Waals surface area contributed by atoms with Gasteiger partial charge in [-0.05, 0) is 32.2 Å². The fourth-order valence-corrected chi connectivity index (χ4v) is 4.53. The largest absolute Gasteiger partial charge is 0.368 e. The summed E-state index contributed by atoms with van der Waals surface area (Å²) in [6, 6.07) is 0.142. The molecule has 0 bridgehead atoms. The Morgan fingerprint density at radius 2 is 1.83 bits per heavy atom. The van der Waals surface area contributed by atoms with Crippen LogP contribution in [0.4, 0.5) is 0 Å². The van der Waals surface area contributed by atoms with E-state index in [1.807, 2.05) is 11.9 Å². The highest BCUT2D eigenvalue weighted by Gasteiger charge is 2.54. The van der Waals surface area contributed by atoms with Gasteiger partial charge >= 0.3 is 0 Å². The lowest BCUT2D eigenvalue weighted by molar-refractivity contribution is -0.202. The number of rotatable bonds is 3. The molecular weight excluding hydrogens is 306 g/mol. The zero-order chi connectivity index (χ0) is 16.9. The monoisotopic (exact) mass is 335 g/mol. The van der Waals surface area contributed by atoms with Gasteiger partial charge in [-0.25, -0.2) is 0 Å². The highest BCUT2D eigenvalue weighted by molar-refractivity contribution is 5.83. The number of morpholine rings is 1. The molecule has 2 heterocycles. The third-order valence-corrected chi connectivity index (χ3v) is 6.32. The average Bonchev–Trinajstić information content (AvgIpc) is 3.02. The van der Waals surface area contributed by atoms with Gasteiger partial charge in [0.2, 0.25) is 11.8 Å². The number of amides is 2. The third-order valence-electron chi connectivity index (χ3n) is 6.32. The summed E-state index contributed by atoms with van der Waals surface area (Å²) in [7, 11) is 2.00. The predicted molar refractivity (Wildman–Crippen MR) is 89.4 cm³/mol. The molecule has 2 aliphatic carbocycles. The Labute approximate surface area is 143 Å². The molecule has 2 saturated heterocycles. The predicted octanol–water partition coefficient (Wildman–Crippen LogP) is 0.613. The second-order valence-corrected chi connectivity index (χ2v) is 8.43. The topological polar surface area (TPSA) is 61.9 Å². The van der Waals surface area contributed by atoms with Crippen molar-refractivity contribution in [2.75, 3.05) is 33.3 Å². The van der Waals surface area contributed by atoms with E-state index in [1.54, 1.807) is 0 Å². The van der Waals surface area contributed by atoms with Crippen molar-refractivity contribution in [2.24, 2.45) is 11.8 Å². The highest BCUT2D eigenvalue weighted by atomic mass is 16.5. The van der Waals surface area contributed by atoms with Crippen LogP contribution in [0.5, 0.6) is 0 Å². The molecule has 2 amide bonds. The number of hydrogen-bond donors (Lipinski definition) is 1. The van der Waals surface area contributed by atoms with Gasteiger partial charge in [-0.2, -0.15) is 0 Å². The first-order valence-corrected chi connectivity index (χ1v) is 9.41. The summed E-state index contributed by atoms with van der Waals surface area (Å²) < 4.78 is 6.08. The van der Waals surface area contributed by atoms with E-state index in [0.717, 1.165) is 25.8 Å². The van der Waals surface area contributed by atoms with Crippen molar-refractivity contribution in [2.45, 2.75) is 56.7 Å². The molecule has 24 heavy (non-hydrogen) atoms. The minimum absolute atomic E-state index is 0.0957. The van der Waals surface area contributed by atoms with Crippen molar-refractivity contribution < 1.29 is 14.3 Å². The molecule has 4 aliphatic rings. The van der Waals surface area contributed by atoms with Gasteiger partial charge in [0.15, 0.2) is 0 Å². The Morgan fingerprint density at radius 3 is 2.42 bits per heavy atom. The quantitative estimate of drug-likeness (QED) is 0.821. The number of ether oxygens (including phenoxy) is 1. The molecule has 6 nitrogen and oxygen atoms in total. The Bertz CT molecular complexity index is 526. The fourth-order valence-electron chi connectivity index (χ4n) is 4.53. The van der Waals surface area contributed by atoms with Gasteiger partial charge < -0.3 is 15.0 Å². The Hall–Kier alpha value is -1.14. The molecule has 2 aliphatic heterocycles. The molecule has 1 N–H and O–H groups in total. The first-order chi connectivity index (χ1) is 11.5. The van der Waals surface area contributed by atoms with Crippen LogP contribution in [0.3, 0.4) is 0 Å². The van der Waals surface area contributed by atoms with Crippen LogP contribution in [-0.2, 0) is 14.3 Å². The summed E-state index contributed by atoms with van der Waals surface area (Å²) >= 11 is 0. The van der Waals surface area contributed by atoms with Gasteiger partial charge in [0.25, 0.3) is 0 Å². The van der Waals surface area contributed by atoms with Gasteiger partial charge in [0.1, 0.15) is 11.6 Å². The Balaban J connectivity index is 1.27. The second-order valence-electron chi connectivity index (χ2n) is 8.43. The van der Waals surface area contributed by atoms with Crippen LogP contribution in [0.1, 0.15) is 39.0 Å². The zero-order valence-electron chi connectivity index (χ0n) is 14.8. The minimum Gasteiger partial charge on any atom is -0.368 e. The number of carbonyl (C=O) groups excluding carboxylic acids is 2. The SMILES string of the molecule is CC1CC1C(=O)N1CC2(C1)CN(C)C(C(=O)NC1CCCC1)CO2. The maximum Gasteiger partial charge on any atom is 0.239 e. The van der Waals surface area contributed by atoms with Crippen molar-refractivity contribution >= 4 is 11.8 Å². The molecule has 1 spiro atoms. The maximum atomic E-state index is 12.5. The number of nitrogens with one attached hydrogen (secondary N) is 1. The van der Waals surface area contributed by atoms with E-state index < -0.39 is 0 Å². The van der Waals surface area contributed by atoms with Crippen molar-refractivity contribution in [3.05, 3.63) is 0 Å². The number of nitrogens with zero attached hydrogens (tertiary/aromatic N) is 2. The normalized spacial score (nSPS) is 35.8. The molecule has 0 radical (unpaired) electrons. The van der Waals surface area contributed by atoms with E-state index in [1.165, 1.54) is 12.8 Å². The van der Waals surface area contributed by atoms with Gasteiger partial charge in [-0.1, -0.05) is 19.8 Å². The first kappa shape index (κ1) is 16.3. The van der Waals surface area contributed by atoms with Crippen molar-refractivity contribution in [3.63, 3.8) is 0 Å². The molecule has 6 heteroatoms. The maximum absolute atomic E-state index is 12.5. The molecule has 3 atom stereocenters. The van der Waals surface area contributed by atoms with Gasteiger partial charge in [-0.3, -0.25) is 14.5 Å². The summed E-state index contributed by atoms with van der Waals surface area (Å²) in [6.07, 6.45) is 5.67. The van der Waals surface area contributed by atoms with E-state index in [9.17, 15) is 9.59 Å². The molecule has 0 aromatic heterocycles.